The summed E-state index contributed by atoms with van der Waals surface area (Å²) in [7, 11) is 0. The summed E-state index contributed by atoms with van der Waals surface area (Å²) in [6.07, 6.45) is 0. The Bertz CT molecular complexity index is 561. The molecule has 3 nitrogen and oxygen atoms in total. The molecule has 100 valence electrons. The topological polar surface area (TPSA) is 55.1 Å². The summed E-state index contributed by atoms with van der Waals surface area (Å²) in [4.78, 5) is 13.4. The molecule has 0 fully saturated rings. The summed E-state index contributed by atoms with van der Waals surface area (Å²) in [5.74, 6) is -0.122. The summed E-state index contributed by atoms with van der Waals surface area (Å²) in [5.41, 5.74) is 6.76. The molecule has 2 rings (SSSR count). The van der Waals surface area contributed by atoms with Gasteiger partial charge in [0.2, 0.25) is 0 Å². The molecule has 3 N–H and O–H groups in total. The SMILES string of the molecule is CC(C)(CNC(=O)c1ccccc1N)c1cccs1. The Morgan fingerprint density at radius 1 is 1.26 bits per heavy atom. The van der Waals surface area contributed by atoms with Crippen molar-refractivity contribution in [2.75, 3.05) is 12.3 Å². The number of carbonyl (C=O) groups is 1. The molecule has 1 aromatic heterocycles. The molecule has 0 saturated carbocycles. The smallest absolute Gasteiger partial charge is 0.253 e. The molecule has 0 aliphatic rings. The highest BCUT2D eigenvalue weighted by Crippen LogP contribution is 2.26. The number of para-hydroxylation sites is 1. The highest BCUT2D eigenvalue weighted by atomic mass is 32.1. The minimum atomic E-state index is -0.122. The van der Waals surface area contributed by atoms with Gasteiger partial charge in [-0.15, -0.1) is 11.3 Å². The van der Waals surface area contributed by atoms with Crippen molar-refractivity contribution in [3.8, 4) is 0 Å². The van der Waals surface area contributed by atoms with Crippen molar-refractivity contribution in [3.63, 3.8) is 0 Å². The quantitative estimate of drug-likeness (QED) is 0.842. The molecule has 1 amide bonds. The van der Waals surface area contributed by atoms with E-state index >= 15 is 0 Å². The first-order valence-electron chi connectivity index (χ1n) is 6.17. The van der Waals surface area contributed by atoms with E-state index in [2.05, 4.69) is 25.2 Å². The molecule has 0 aliphatic heterocycles. The lowest BCUT2D eigenvalue weighted by Crippen LogP contribution is -2.36. The average Bonchev–Trinajstić information content (AvgIpc) is 2.91. The Balaban J connectivity index is 2.03. The first-order valence-corrected chi connectivity index (χ1v) is 7.05. The Morgan fingerprint density at radius 2 is 2.00 bits per heavy atom. The van der Waals surface area contributed by atoms with Gasteiger partial charge in [-0.3, -0.25) is 4.79 Å². The molecular weight excluding hydrogens is 256 g/mol. The minimum absolute atomic E-state index is 0.0760. The first kappa shape index (κ1) is 13.6. The third kappa shape index (κ3) is 3.15. The number of hydrogen-bond donors (Lipinski definition) is 2. The van der Waals surface area contributed by atoms with Gasteiger partial charge >= 0.3 is 0 Å². The fraction of sp³-hybridized carbons (Fsp3) is 0.267. The van der Waals surface area contributed by atoms with Gasteiger partial charge < -0.3 is 11.1 Å². The summed E-state index contributed by atoms with van der Waals surface area (Å²) in [6, 6.07) is 11.2. The van der Waals surface area contributed by atoms with Crippen molar-refractivity contribution >= 4 is 22.9 Å². The second kappa shape index (κ2) is 5.45. The van der Waals surface area contributed by atoms with Crippen LogP contribution < -0.4 is 11.1 Å². The van der Waals surface area contributed by atoms with Crippen molar-refractivity contribution < 1.29 is 4.79 Å². The number of hydrogen-bond acceptors (Lipinski definition) is 3. The maximum Gasteiger partial charge on any atom is 0.253 e. The zero-order valence-corrected chi connectivity index (χ0v) is 12.0. The summed E-state index contributed by atoms with van der Waals surface area (Å²) in [5, 5.41) is 5.01. The molecule has 2 aromatic rings. The van der Waals surface area contributed by atoms with E-state index in [1.807, 2.05) is 23.6 Å². The highest BCUT2D eigenvalue weighted by Gasteiger charge is 2.23. The van der Waals surface area contributed by atoms with Gasteiger partial charge in [0.15, 0.2) is 0 Å². The van der Waals surface area contributed by atoms with E-state index in [1.165, 1.54) is 4.88 Å². The first-order chi connectivity index (χ1) is 9.00. The van der Waals surface area contributed by atoms with Gasteiger partial charge in [0.25, 0.3) is 5.91 Å². The van der Waals surface area contributed by atoms with Crippen LogP contribution in [-0.2, 0) is 5.41 Å². The molecular formula is C15H18N2OS. The number of carbonyl (C=O) groups excluding carboxylic acids is 1. The fourth-order valence-corrected chi connectivity index (χ4v) is 2.70. The second-order valence-corrected chi connectivity index (χ2v) is 6.08. The number of rotatable bonds is 4. The summed E-state index contributed by atoms with van der Waals surface area (Å²) in [6.45, 7) is 4.82. The van der Waals surface area contributed by atoms with Crippen LogP contribution in [0.3, 0.4) is 0 Å². The predicted octanol–water partition coefficient (Wildman–Crippen LogP) is 3.04. The standard InChI is InChI=1S/C15H18N2OS/c1-15(2,13-8-5-9-19-13)10-17-14(18)11-6-3-4-7-12(11)16/h3-9H,10,16H2,1-2H3,(H,17,18). The van der Waals surface area contributed by atoms with E-state index in [4.69, 9.17) is 5.73 Å². The Hall–Kier alpha value is -1.81. The molecule has 1 heterocycles. The molecule has 0 spiro atoms. The number of benzene rings is 1. The molecule has 0 bridgehead atoms. The zero-order chi connectivity index (χ0) is 13.9. The van der Waals surface area contributed by atoms with Crippen LogP contribution in [0, 0.1) is 0 Å². The molecule has 19 heavy (non-hydrogen) atoms. The summed E-state index contributed by atoms with van der Waals surface area (Å²) >= 11 is 1.70. The van der Waals surface area contributed by atoms with Gasteiger partial charge in [-0.05, 0) is 23.6 Å². The third-order valence-electron chi connectivity index (χ3n) is 3.08. The number of anilines is 1. The van der Waals surface area contributed by atoms with Crippen LogP contribution in [0.5, 0.6) is 0 Å². The number of nitrogens with one attached hydrogen (secondary N) is 1. The number of amides is 1. The Labute approximate surface area is 117 Å². The average molecular weight is 274 g/mol. The maximum atomic E-state index is 12.1. The van der Waals surface area contributed by atoms with Crippen molar-refractivity contribution in [2.45, 2.75) is 19.3 Å². The molecule has 0 radical (unpaired) electrons. The van der Waals surface area contributed by atoms with E-state index in [0.29, 0.717) is 17.8 Å². The lowest BCUT2D eigenvalue weighted by atomic mass is 9.91. The van der Waals surface area contributed by atoms with Crippen LogP contribution in [0.4, 0.5) is 5.69 Å². The van der Waals surface area contributed by atoms with E-state index in [1.54, 1.807) is 23.5 Å². The van der Waals surface area contributed by atoms with Crippen LogP contribution in [0.2, 0.25) is 0 Å². The monoisotopic (exact) mass is 274 g/mol. The third-order valence-corrected chi connectivity index (χ3v) is 4.32. The van der Waals surface area contributed by atoms with Crippen LogP contribution in [0.1, 0.15) is 29.1 Å². The number of nitrogen functional groups attached to an aromatic ring is 1. The minimum Gasteiger partial charge on any atom is -0.398 e. The number of thiophene rings is 1. The van der Waals surface area contributed by atoms with E-state index in [-0.39, 0.29) is 11.3 Å². The van der Waals surface area contributed by atoms with Crippen LogP contribution in [0.25, 0.3) is 0 Å². The van der Waals surface area contributed by atoms with E-state index < -0.39 is 0 Å². The van der Waals surface area contributed by atoms with Gasteiger partial charge in [-0.2, -0.15) is 0 Å². The lowest BCUT2D eigenvalue weighted by Gasteiger charge is -2.23. The largest absolute Gasteiger partial charge is 0.398 e. The maximum absolute atomic E-state index is 12.1. The molecule has 0 atom stereocenters. The fourth-order valence-electron chi connectivity index (χ4n) is 1.85. The van der Waals surface area contributed by atoms with Gasteiger partial charge in [0.05, 0.1) is 5.56 Å². The molecule has 1 aromatic carbocycles. The number of nitrogens with two attached hydrogens (primary N) is 1. The normalized spacial score (nSPS) is 11.3. The van der Waals surface area contributed by atoms with Crippen LogP contribution in [-0.4, -0.2) is 12.5 Å². The van der Waals surface area contributed by atoms with Crippen molar-refractivity contribution in [3.05, 3.63) is 52.2 Å². The van der Waals surface area contributed by atoms with E-state index in [0.717, 1.165) is 0 Å². The summed E-state index contributed by atoms with van der Waals surface area (Å²) < 4.78 is 0. The molecule has 0 unspecified atom stereocenters. The molecule has 4 heteroatoms. The van der Waals surface area contributed by atoms with Gasteiger partial charge in [-0.25, -0.2) is 0 Å². The van der Waals surface area contributed by atoms with Crippen LogP contribution >= 0.6 is 11.3 Å². The lowest BCUT2D eigenvalue weighted by molar-refractivity contribution is 0.0947. The highest BCUT2D eigenvalue weighted by molar-refractivity contribution is 7.10. The van der Waals surface area contributed by atoms with Gasteiger partial charge in [-0.1, -0.05) is 32.0 Å². The second-order valence-electron chi connectivity index (χ2n) is 5.13. The van der Waals surface area contributed by atoms with Crippen LogP contribution in [0.15, 0.2) is 41.8 Å². The van der Waals surface area contributed by atoms with Crippen molar-refractivity contribution in [1.29, 1.82) is 0 Å². The Kier molecular flexibility index (Phi) is 3.90. The molecule has 0 saturated heterocycles. The molecule has 0 aliphatic carbocycles. The van der Waals surface area contributed by atoms with Crippen molar-refractivity contribution in [2.24, 2.45) is 0 Å². The Morgan fingerprint density at radius 3 is 2.63 bits per heavy atom. The van der Waals surface area contributed by atoms with Crippen molar-refractivity contribution in [1.82, 2.24) is 5.32 Å². The predicted molar refractivity (Wildman–Crippen MR) is 80.5 cm³/mol. The van der Waals surface area contributed by atoms with Gasteiger partial charge in [0, 0.05) is 22.5 Å². The van der Waals surface area contributed by atoms with E-state index in [9.17, 15) is 4.79 Å². The zero-order valence-electron chi connectivity index (χ0n) is 11.1. The van der Waals surface area contributed by atoms with Gasteiger partial charge in [0.1, 0.15) is 0 Å².